The fraction of sp³-hybridized carbons (Fsp3) is 0.455. The van der Waals surface area contributed by atoms with E-state index in [-0.39, 0.29) is 16.6 Å². The molecule has 0 heterocycles. The van der Waals surface area contributed by atoms with Crippen molar-refractivity contribution in [3.63, 3.8) is 0 Å². The van der Waals surface area contributed by atoms with E-state index in [2.05, 4.69) is 4.72 Å². The van der Waals surface area contributed by atoms with Crippen molar-refractivity contribution in [1.29, 1.82) is 0 Å². The summed E-state index contributed by atoms with van der Waals surface area (Å²) in [6, 6.07) is 4.46. The van der Waals surface area contributed by atoms with Crippen molar-refractivity contribution in [1.82, 2.24) is 9.62 Å². The first-order chi connectivity index (χ1) is 8.24. The number of nitrogens with two attached hydrogens (primary N) is 1. The van der Waals surface area contributed by atoms with E-state index in [4.69, 9.17) is 17.3 Å². The lowest BCUT2D eigenvalue weighted by Gasteiger charge is -2.20. The number of nitrogen functional groups attached to an aromatic ring is 1. The molecule has 0 amide bonds. The molecule has 1 aromatic carbocycles. The monoisotopic (exact) mass is 291 g/mol. The highest BCUT2D eigenvalue weighted by Gasteiger charge is 2.19. The van der Waals surface area contributed by atoms with Crippen LogP contribution in [0.25, 0.3) is 0 Å². The Bertz CT molecular complexity index is 517. The largest absolute Gasteiger partial charge is 0.398 e. The summed E-state index contributed by atoms with van der Waals surface area (Å²) in [5, 5.41) is 0.338. The van der Waals surface area contributed by atoms with Gasteiger partial charge in [0.05, 0.1) is 5.69 Å². The molecule has 1 unspecified atom stereocenters. The minimum absolute atomic E-state index is 0.0148. The zero-order valence-electron chi connectivity index (χ0n) is 10.6. The molecular formula is C11H18ClN3O2S. The van der Waals surface area contributed by atoms with E-state index >= 15 is 0 Å². The Labute approximate surface area is 113 Å². The van der Waals surface area contributed by atoms with Gasteiger partial charge in [0.15, 0.2) is 0 Å². The Morgan fingerprint density at radius 2 is 2.06 bits per heavy atom. The third-order valence-corrected chi connectivity index (χ3v) is 4.43. The van der Waals surface area contributed by atoms with Crippen molar-refractivity contribution >= 4 is 27.3 Å². The van der Waals surface area contributed by atoms with E-state index in [1.807, 2.05) is 25.9 Å². The van der Waals surface area contributed by atoms with Crippen LogP contribution >= 0.6 is 11.6 Å². The van der Waals surface area contributed by atoms with Gasteiger partial charge in [-0.2, -0.15) is 0 Å². The van der Waals surface area contributed by atoms with Gasteiger partial charge in [-0.05, 0) is 39.2 Å². The SMILES string of the molecule is CC(CNS(=O)(=O)c1cc(Cl)ccc1N)N(C)C. The fourth-order valence-electron chi connectivity index (χ4n) is 1.23. The Morgan fingerprint density at radius 3 is 2.61 bits per heavy atom. The second-order valence-electron chi connectivity index (χ2n) is 4.35. The van der Waals surface area contributed by atoms with Crippen LogP contribution in [-0.4, -0.2) is 40.0 Å². The second-order valence-corrected chi connectivity index (χ2v) is 6.52. The molecular weight excluding hydrogens is 274 g/mol. The number of sulfonamides is 1. The van der Waals surface area contributed by atoms with Gasteiger partial charge in [-0.3, -0.25) is 0 Å². The van der Waals surface area contributed by atoms with Crippen LogP contribution in [0.3, 0.4) is 0 Å². The van der Waals surface area contributed by atoms with Crippen molar-refractivity contribution < 1.29 is 8.42 Å². The standard InChI is InChI=1S/C11H18ClN3O2S/c1-8(15(2)3)7-14-18(16,17)11-6-9(12)4-5-10(11)13/h4-6,8,14H,7,13H2,1-3H3. The average Bonchev–Trinajstić information content (AvgIpc) is 2.29. The van der Waals surface area contributed by atoms with Crippen molar-refractivity contribution in [2.24, 2.45) is 0 Å². The van der Waals surface area contributed by atoms with Gasteiger partial charge in [0.1, 0.15) is 4.90 Å². The quantitative estimate of drug-likeness (QED) is 0.798. The van der Waals surface area contributed by atoms with Crippen LogP contribution in [0.5, 0.6) is 0 Å². The zero-order chi connectivity index (χ0) is 13.9. The number of hydrogen-bond acceptors (Lipinski definition) is 4. The number of benzene rings is 1. The van der Waals surface area contributed by atoms with Gasteiger partial charge in [0, 0.05) is 17.6 Å². The highest BCUT2D eigenvalue weighted by atomic mass is 35.5. The summed E-state index contributed by atoms with van der Waals surface area (Å²) in [6.45, 7) is 2.23. The average molecular weight is 292 g/mol. The van der Waals surface area contributed by atoms with Gasteiger partial charge in [0.2, 0.25) is 10.0 Å². The van der Waals surface area contributed by atoms with Crippen LogP contribution in [0.2, 0.25) is 5.02 Å². The number of nitrogens with zero attached hydrogens (tertiary/aromatic N) is 1. The van der Waals surface area contributed by atoms with E-state index in [1.165, 1.54) is 12.1 Å². The zero-order valence-corrected chi connectivity index (χ0v) is 12.2. The Hall–Kier alpha value is -0.820. The lowest BCUT2D eigenvalue weighted by molar-refractivity contribution is 0.314. The number of anilines is 1. The third-order valence-electron chi connectivity index (χ3n) is 2.72. The second kappa shape index (κ2) is 5.88. The van der Waals surface area contributed by atoms with Crippen LogP contribution in [0.1, 0.15) is 6.92 Å². The molecule has 102 valence electrons. The molecule has 0 spiro atoms. The molecule has 0 saturated carbocycles. The Kier molecular flexibility index (Phi) is 4.98. The van der Waals surface area contributed by atoms with E-state index in [0.29, 0.717) is 11.6 Å². The normalized spacial score (nSPS) is 13.8. The Balaban J connectivity index is 2.90. The third kappa shape index (κ3) is 3.84. The minimum Gasteiger partial charge on any atom is -0.398 e. The molecule has 0 radical (unpaired) electrons. The molecule has 1 rings (SSSR count). The molecule has 0 bridgehead atoms. The summed E-state index contributed by atoms with van der Waals surface area (Å²) in [6.07, 6.45) is 0. The molecule has 7 heteroatoms. The van der Waals surface area contributed by atoms with Gasteiger partial charge in [0.25, 0.3) is 0 Å². The first-order valence-electron chi connectivity index (χ1n) is 5.45. The van der Waals surface area contributed by atoms with Crippen molar-refractivity contribution in [3.05, 3.63) is 23.2 Å². The molecule has 0 aliphatic heterocycles. The summed E-state index contributed by atoms with van der Waals surface area (Å²) >= 11 is 5.78. The van der Waals surface area contributed by atoms with Gasteiger partial charge < -0.3 is 10.6 Å². The van der Waals surface area contributed by atoms with Crippen LogP contribution in [0, 0.1) is 0 Å². The van der Waals surface area contributed by atoms with Crippen molar-refractivity contribution in [2.45, 2.75) is 17.9 Å². The molecule has 0 aliphatic rings. The summed E-state index contributed by atoms with van der Waals surface area (Å²) < 4.78 is 26.6. The van der Waals surface area contributed by atoms with Crippen LogP contribution in [0.15, 0.2) is 23.1 Å². The lowest BCUT2D eigenvalue weighted by atomic mass is 10.3. The predicted octanol–water partition coefficient (Wildman–Crippen LogP) is 1.15. The molecule has 1 aromatic rings. The maximum atomic E-state index is 12.1. The lowest BCUT2D eigenvalue weighted by Crippen LogP contribution is -2.38. The maximum absolute atomic E-state index is 12.1. The Morgan fingerprint density at radius 1 is 1.44 bits per heavy atom. The fourth-order valence-corrected chi connectivity index (χ4v) is 2.74. The van der Waals surface area contributed by atoms with Crippen molar-refractivity contribution in [2.75, 3.05) is 26.4 Å². The number of rotatable bonds is 5. The number of likely N-dealkylation sites (N-methyl/N-ethyl adjacent to an activating group) is 1. The minimum atomic E-state index is -3.63. The molecule has 0 fully saturated rings. The molecule has 0 aliphatic carbocycles. The molecule has 0 saturated heterocycles. The highest BCUT2D eigenvalue weighted by molar-refractivity contribution is 7.89. The smallest absolute Gasteiger partial charge is 0.242 e. The molecule has 1 atom stereocenters. The first-order valence-corrected chi connectivity index (χ1v) is 7.31. The first kappa shape index (κ1) is 15.2. The van der Waals surface area contributed by atoms with Crippen LogP contribution in [0.4, 0.5) is 5.69 Å². The number of nitrogens with one attached hydrogen (secondary N) is 1. The predicted molar refractivity (Wildman–Crippen MR) is 74.2 cm³/mol. The molecule has 5 nitrogen and oxygen atoms in total. The molecule has 3 N–H and O–H groups in total. The van der Waals surface area contributed by atoms with Crippen molar-refractivity contribution in [3.8, 4) is 0 Å². The highest BCUT2D eigenvalue weighted by Crippen LogP contribution is 2.22. The summed E-state index contributed by atoms with van der Waals surface area (Å²) in [5.41, 5.74) is 5.84. The summed E-state index contributed by atoms with van der Waals surface area (Å²) in [5.74, 6) is 0. The van der Waals surface area contributed by atoms with E-state index in [1.54, 1.807) is 6.07 Å². The van der Waals surface area contributed by atoms with Gasteiger partial charge >= 0.3 is 0 Å². The molecule has 0 aromatic heterocycles. The number of hydrogen-bond donors (Lipinski definition) is 2. The van der Waals surface area contributed by atoms with E-state index in [9.17, 15) is 8.42 Å². The van der Waals surface area contributed by atoms with Gasteiger partial charge in [-0.1, -0.05) is 11.6 Å². The van der Waals surface area contributed by atoms with E-state index < -0.39 is 10.0 Å². The van der Waals surface area contributed by atoms with Crippen LogP contribution < -0.4 is 10.5 Å². The number of halogens is 1. The van der Waals surface area contributed by atoms with Gasteiger partial charge in [-0.15, -0.1) is 0 Å². The summed E-state index contributed by atoms with van der Waals surface area (Å²) in [7, 11) is 0.135. The van der Waals surface area contributed by atoms with Crippen LogP contribution in [-0.2, 0) is 10.0 Å². The topological polar surface area (TPSA) is 75.4 Å². The molecule has 18 heavy (non-hydrogen) atoms. The summed E-state index contributed by atoms with van der Waals surface area (Å²) in [4.78, 5) is 1.94. The van der Waals surface area contributed by atoms with E-state index in [0.717, 1.165) is 0 Å². The van der Waals surface area contributed by atoms with Gasteiger partial charge in [-0.25, -0.2) is 13.1 Å². The maximum Gasteiger partial charge on any atom is 0.242 e.